The van der Waals surface area contributed by atoms with Gasteiger partial charge in [0.25, 0.3) is 0 Å². The zero-order valence-electron chi connectivity index (χ0n) is 17.8. The number of alkyl halides is 2. The fraction of sp³-hybridized carbons (Fsp3) is 0.409. The summed E-state index contributed by atoms with van der Waals surface area (Å²) in [5.74, 6) is -0.424. The van der Waals surface area contributed by atoms with Gasteiger partial charge in [-0.05, 0) is 44.7 Å². The van der Waals surface area contributed by atoms with Crippen LogP contribution < -0.4 is 14.8 Å². The van der Waals surface area contributed by atoms with Gasteiger partial charge in [-0.1, -0.05) is 0 Å². The van der Waals surface area contributed by atoms with Gasteiger partial charge >= 0.3 is 23.7 Å². The molecule has 1 saturated carbocycles. The Kier molecular flexibility index (Phi) is 5.72. The Morgan fingerprint density at radius 1 is 1.34 bits per heavy atom. The Morgan fingerprint density at radius 2 is 2.06 bits per heavy atom. The Hall–Kier alpha value is -3.27. The van der Waals surface area contributed by atoms with Crippen LogP contribution in [0, 0.1) is 0 Å². The van der Waals surface area contributed by atoms with Crippen molar-refractivity contribution in [1.29, 1.82) is 0 Å². The van der Waals surface area contributed by atoms with Crippen molar-refractivity contribution in [3.8, 4) is 5.75 Å². The van der Waals surface area contributed by atoms with Gasteiger partial charge in [0.15, 0.2) is 0 Å². The molecule has 2 aromatic heterocycles. The quantitative estimate of drug-likeness (QED) is 0.410. The van der Waals surface area contributed by atoms with Crippen LogP contribution >= 0.6 is 0 Å². The molecule has 8 nitrogen and oxygen atoms in total. The summed E-state index contributed by atoms with van der Waals surface area (Å²) in [5, 5.41) is 28.2. The number of aliphatic hydroxyl groups is 1. The number of ether oxygens (including phenoxy) is 1. The van der Waals surface area contributed by atoms with Gasteiger partial charge in [-0.25, -0.2) is 0 Å². The van der Waals surface area contributed by atoms with Gasteiger partial charge in [-0.15, -0.1) is 0 Å². The first-order valence-corrected chi connectivity index (χ1v) is 10.3. The number of halogens is 2. The summed E-state index contributed by atoms with van der Waals surface area (Å²) in [4.78, 5) is 12.7. The van der Waals surface area contributed by atoms with Crippen LogP contribution in [0.25, 0.3) is 10.9 Å². The number of aromatic nitrogens is 3. The number of hydrogen-bond donors (Lipinski definition) is 3. The van der Waals surface area contributed by atoms with E-state index in [9.17, 15) is 23.9 Å². The molecular weight excluding hydrogens is 422 g/mol. The van der Waals surface area contributed by atoms with Crippen LogP contribution in [0.5, 0.6) is 5.75 Å². The van der Waals surface area contributed by atoms with E-state index in [0.717, 1.165) is 24.3 Å². The van der Waals surface area contributed by atoms with Gasteiger partial charge < -0.3 is 15.2 Å². The minimum Gasteiger partial charge on any atom is -0.494 e. The standard InChI is InChI=1S/C22H24F2N4O4/c1-22(30)8-6-14(7-9-22)27-12-13-10-16(19(32-2)11-15(13)26-27)25-21(29)18-5-3-4-17(20(23)24)28(18)31/h3-5,10-12,14,20,30H,6-9H2,1-2H3,(H-,25,29,31)/p+1. The minimum absolute atomic E-state index is 0.164. The molecule has 0 saturated heterocycles. The highest BCUT2D eigenvalue weighted by Gasteiger charge is 2.31. The Morgan fingerprint density at radius 3 is 2.72 bits per heavy atom. The third kappa shape index (κ3) is 4.22. The molecule has 0 bridgehead atoms. The first kappa shape index (κ1) is 21.9. The molecule has 0 spiro atoms. The predicted octanol–water partition coefficient (Wildman–Crippen LogP) is 3.63. The van der Waals surface area contributed by atoms with Gasteiger partial charge in [0, 0.05) is 34.5 Å². The Bertz CT molecular complexity index is 1150. The van der Waals surface area contributed by atoms with Crippen molar-refractivity contribution in [2.24, 2.45) is 0 Å². The van der Waals surface area contributed by atoms with Crippen molar-refractivity contribution in [2.45, 2.75) is 50.7 Å². The number of hydrogen-bond acceptors (Lipinski definition) is 5. The van der Waals surface area contributed by atoms with Gasteiger partial charge in [0.05, 0.1) is 30.0 Å². The van der Waals surface area contributed by atoms with Crippen LogP contribution in [0.1, 0.15) is 61.3 Å². The fourth-order valence-electron chi connectivity index (χ4n) is 4.06. The number of anilines is 1. The zero-order valence-corrected chi connectivity index (χ0v) is 17.8. The molecule has 170 valence electrons. The number of carbonyl (C=O) groups is 1. The first-order chi connectivity index (χ1) is 15.2. The van der Waals surface area contributed by atoms with Crippen molar-refractivity contribution < 1.29 is 33.4 Å². The van der Waals surface area contributed by atoms with Crippen molar-refractivity contribution in [1.82, 2.24) is 9.78 Å². The van der Waals surface area contributed by atoms with E-state index in [1.165, 1.54) is 19.2 Å². The Balaban J connectivity index is 1.62. The van der Waals surface area contributed by atoms with E-state index in [2.05, 4.69) is 10.4 Å². The van der Waals surface area contributed by atoms with E-state index in [1.807, 2.05) is 17.8 Å². The molecule has 0 atom stereocenters. The number of benzene rings is 1. The second kappa shape index (κ2) is 8.34. The van der Waals surface area contributed by atoms with Crippen LogP contribution in [-0.4, -0.2) is 38.7 Å². The maximum atomic E-state index is 13.0. The highest BCUT2D eigenvalue weighted by molar-refractivity contribution is 6.04. The highest BCUT2D eigenvalue weighted by atomic mass is 19.3. The topological polar surface area (TPSA) is 100 Å². The smallest absolute Gasteiger partial charge is 0.325 e. The van der Waals surface area contributed by atoms with E-state index in [1.54, 1.807) is 12.1 Å². The monoisotopic (exact) mass is 447 g/mol. The third-order valence-electron chi connectivity index (χ3n) is 5.95. The van der Waals surface area contributed by atoms with Crippen molar-refractivity contribution in [3.05, 3.63) is 47.9 Å². The molecule has 0 unspecified atom stereocenters. The summed E-state index contributed by atoms with van der Waals surface area (Å²) in [6.45, 7) is 1.84. The summed E-state index contributed by atoms with van der Waals surface area (Å²) in [5.41, 5.74) is -0.676. The summed E-state index contributed by atoms with van der Waals surface area (Å²) in [7, 11) is 1.45. The number of nitrogens with zero attached hydrogens (tertiary/aromatic N) is 3. The van der Waals surface area contributed by atoms with E-state index in [-0.39, 0.29) is 16.5 Å². The average Bonchev–Trinajstić information content (AvgIpc) is 3.15. The van der Waals surface area contributed by atoms with Crippen LogP contribution in [0.15, 0.2) is 36.5 Å². The van der Waals surface area contributed by atoms with Crippen molar-refractivity contribution >= 4 is 22.5 Å². The normalized spacial score (nSPS) is 21.1. The predicted molar refractivity (Wildman–Crippen MR) is 111 cm³/mol. The molecule has 1 fully saturated rings. The van der Waals surface area contributed by atoms with Gasteiger partial charge in [-0.3, -0.25) is 14.7 Å². The van der Waals surface area contributed by atoms with Crippen LogP contribution in [0.4, 0.5) is 14.5 Å². The van der Waals surface area contributed by atoms with Gasteiger partial charge in [0.2, 0.25) is 0 Å². The number of methoxy groups -OCH3 is 1. The van der Waals surface area contributed by atoms with E-state index >= 15 is 0 Å². The summed E-state index contributed by atoms with van der Waals surface area (Å²) in [6, 6.07) is 7.08. The molecule has 10 heteroatoms. The lowest BCUT2D eigenvalue weighted by Crippen LogP contribution is -2.43. The van der Waals surface area contributed by atoms with Crippen LogP contribution in [-0.2, 0) is 0 Å². The molecular formula is C22H25F2N4O4+. The molecule has 1 amide bonds. The van der Waals surface area contributed by atoms with E-state index < -0.39 is 23.6 Å². The maximum absolute atomic E-state index is 13.0. The molecule has 1 aliphatic rings. The summed E-state index contributed by atoms with van der Waals surface area (Å²) in [6.07, 6.45) is 1.93. The lowest BCUT2D eigenvalue weighted by atomic mass is 9.84. The van der Waals surface area contributed by atoms with Crippen molar-refractivity contribution in [2.75, 3.05) is 12.4 Å². The van der Waals surface area contributed by atoms with Gasteiger partial charge in [-0.2, -0.15) is 13.9 Å². The molecule has 3 aromatic rings. The number of nitrogens with one attached hydrogen (secondary N) is 1. The molecule has 32 heavy (non-hydrogen) atoms. The largest absolute Gasteiger partial charge is 0.494 e. The summed E-state index contributed by atoms with van der Waals surface area (Å²) < 4.78 is 33.5. The zero-order chi connectivity index (χ0) is 23.0. The Labute approximate surface area is 183 Å². The number of fused-ring (bicyclic) bond motifs is 1. The van der Waals surface area contributed by atoms with Crippen LogP contribution in [0.3, 0.4) is 0 Å². The lowest BCUT2D eigenvalue weighted by Gasteiger charge is -2.33. The number of carbonyl (C=O) groups excluding carboxylic acids is 1. The summed E-state index contributed by atoms with van der Waals surface area (Å²) >= 11 is 0. The second-order valence-corrected chi connectivity index (χ2v) is 8.35. The first-order valence-electron chi connectivity index (χ1n) is 10.3. The van der Waals surface area contributed by atoms with Gasteiger partial charge in [0.1, 0.15) is 5.75 Å². The third-order valence-corrected chi connectivity index (χ3v) is 5.95. The number of rotatable bonds is 5. The molecule has 2 heterocycles. The lowest BCUT2D eigenvalue weighted by molar-refractivity contribution is -0.912. The maximum Gasteiger partial charge on any atom is 0.325 e. The number of amides is 1. The minimum atomic E-state index is -2.94. The van der Waals surface area contributed by atoms with E-state index in [4.69, 9.17) is 4.74 Å². The number of pyridine rings is 1. The second-order valence-electron chi connectivity index (χ2n) is 8.35. The highest BCUT2D eigenvalue weighted by Crippen LogP contribution is 2.36. The fourth-order valence-corrected chi connectivity index (χ4v) is 4.06. The molecule has 1 aliphatic carbocycles. The van der Waals surface area contributed by atoms with Crippen LogP contribution in [0.2, 0.25) is 0 Å². The molecule has 4 rings (SSSR count). The average molecular weight is 447 g/mol. The molecule has 0 radical (unpaired) electrons. The van der Waals surface area contributed by atoms with E-state index in [0.29, 0.717) is 29.8 Å². The molecule has 1 aromatic carbocycles. The SMILES string of the molecule is COc1cc2nn(C3CCC(C)(O)CC3)cc2cc1NC(=O)c1cccc(C(F)F)[n+]1O. The molecule has 3 N–H and O–H groups in total. The van der Waals surface area contributed by atoms with Crippen molar-refractivity contribution in [3.63, 3.8) is 0 Å². The molecule has 0 aliphatic heterocycles.